The van der Waals surface area contributed by atoms with E-state index in [9.17, 15) is 8.42 Å². The first-order chi connectivity index (χ1) is 12.9. The number of nitrogens with one attached hydrogen (secondary N) is 1. The summed E-state index contributed by atoms with van der Waals surface area (Å²) >= 11 is 0. The molecule has 1 aromatic carbocycles. The van der Waals surface area contributed by atoms with Gasteiger partial charge in [-0.25, -0.2) is 8.42 Å². The molecule has 148 valence electrons. The number of pyridine rings is 1. The molecule has 1 aromatic heterocycles. The summed E-state index contributed by atoms with van der Waals surface area (Å²) in [6, 6.07) is 9.16. The van der Waals surface area contributed by atoms with Crippen LogP contribution in [0.4, 0.5) is 0 Å². The van der Waals surface area contributed by atoms with Gasteiger partial charge in [0.05, 0.1) is 7.11 Å². The summed E-state index contributed by atoms with van der Waals surface area (Å²) in [4.78, 5) is 4.35. The van der Waals surface area contributed by atoms with E-state index in [1.54, 1.807) is 10.4 Å². The molecule has 27 heavy (non-hydrogen) atoms. The molecule has 0 saturated carbocycles. The summed E-state index contributed by atoms with van der Waals surface area (Å²) in [5, 5.41) is 5.07. The highest BCUT2D eigenvalue weighted by Gasteiger charge is 2.34. The SMILES string of the molecule is COc1nc(S(=O)(=O)N2CCCNCC2CCC(C)C)cc2ccccc12. The maximum Gasteiger partial charge on any atom is 0.260 e. The van der Waals surface area contributed by atoms with E-state index in [1.165, 1.54) is 7.11 Å². The number of fused-ring (bicyclic) bond motifs is 1. The Morgan fingerprint density at radius 3 is 2.85 bits per heavy atom. The Labute approximate surface area is 162 Å². The van der Waals surface area contributed by atoms with Crippen LogP contribution in [0.25, 0.3) is 10.8 Å². The van der Waals surface area contributed by atoms with Crippen LogP contribution >= 0.6 is 0 Å². The summed E-state index contributed by atoms with van der Waals surface area (Å²) in [7, 11) is -2.18. The highest BCUT2D eigenvalue weighted by atomic mass is 32.2. The molecular formula is C20H29N3O3S. The molecule has 1 N–H and O–H groups in total. The number of rotatable bonds is 6. The van der Waals surface area contributed by atoms with Crippen LogP contribution in [0.3, 0.4) is 0 Å². The molecule has 1 fully saturated rings. The third-order valence-electron chi connectivity index (χ3n) is 5.04. The number of hydrogen-bond acceptors (Lipinski definition) is 5. The zero-order chi connectivity index (χ0) is 19.4. The van der Waals surface area contributed by atoms with E-state index in [1.807, 2.05) is 24.3 Å². The predicted octanol–water partition coefficient (Wildman–Crippen LogP) is 3.03. The van der Waals surface area contributed by atoms with Gasteiger partial charge < -0.3 is 10.1 Å². The topological polar surface area (TPSA) is 71.5 Å². The number of benzene rings is 1. The number of sulfonamides is 1. The normalized spacial score (nSPS) is 19.3. The second-order valence-corrected chi connectivity index (χ2v) is 9.33. The molecule has 0 amide bonds. The molecule has 0 radical (unpaired) electrons. The number of ether oxygens (including phenoxy) is 1. The van der Waals surface area contributed by atoms with Gasteiger partial charge in [0.1, 0.15) is 0 Å². The lowest BCUT2D eigenvalue weighted by Crippen LogP contribution is -2.44. The molecule has 7 heteroatoms. The molecular weight excluding hydrogens is 362 g/mol. The average Bonchev–Trinajstić information content (AvgIpc) is 2.91. The van der Waals surface area contributed by atoms with Gasteiger partial charge in [-0.1, -0.05) is 32.0 Å². The van der Waals surface area contributed by atoms with Gasteiger partial charge in [-0.3, -0.25) is 0 Å². The Hall–Kier alpha value is -1.70. The Balaban J connectivity index is 2.01. The summed E-state index contributed by atoms with van der Waals surface area (Å²) in [6.07, 6.45) is 2.63. The summed E-state index contributed by atoms with van der Waals surface area (Å²) < 4.78 is 34.0. The second-order valence-electron chi connectivity index (χ2n) is 7.49. The van der Waals surface area contributed by atoms with E-state index >= 15 is 0 Å². The Kier molecular flexibility index (Phi) is 6.34. The van der Waals surface area contributed by atoms with Crippen molar-refractivity contribution in [1.29, 1.82) is 0 Å². The molecule has 0 spiro atoms. The van der Waals surface area contributed by atoms with Crippen molar-refractivity contribution in [2.24, 2.45) is 5.92 Å². The first kappa shape index (κ1) is 20.0. The van der Waals surface area contributed by atoms with E-state index in [0.717, 1.165) is 36.6 Å². The summed E-state index contributed by atoms with van der Waals surface area (Å²) in [5.74, 6) is 0.884. The molecule has 1 unspecified atom stereocenters. The maximum absolute atomic E-state index is 13.5. The zero-order valence-electron chi connectivity index (χ0n) is 16.3. The lowest BCUT2D eigenvalue weighted by atomic mass is 10.0. The molecule has 0 aliphatic carbocycles. The second kappa shape index (κ2) is 8.54. The van der Waals surface area contributed by atoms with Gasteiger partial charge in [-0.15, -0.1) is 0 Å². The van der Waals surface area contributed by atoms with Crippen LogP contribution in [0.15, 0.2) is 35.4 Å². The first-order valence-corrected chi connectivity index (χ1v) is 11.0. The van der Waals surface area contributed by atoms with Gasteiger partial charge in [-0.05, 0) is 49.2 Å². The molecule has 2 aromatic rings. The van der Waals surface area contributed by atoms with Gasteiger partial charge in [0, 0.05) is 24.5 Å². The van der Waals surface area contributed by atoms with Gasteiger partial charge >= 0.3 is 0 Å². The molecule has 1 atom stereocenters. The Morgan fingerprint density at radius 2 is 2.11 bits per heavy atom. The van der Waals surface area contributed by atoms with Crippen LogP contribution in [0.2, 0.25) is 0 Å². The van der Waals surface area contributed by atoms with Crippen molar-refractivity contribution in [3.63, 3.8) is 0 Å². The van der Waals surface area contributed by atoms with Gasteiger partial charge in [0.15, 0.2) is 5.03 Å². The number of aromatic nitrogens is 1. The smallest absolute Gasteiger partial charge is 0.260 e. The number of methoxy groups -OCH3 is 1. The molecule has 6 nitrogen and oxygen atoms in total. The molecule has 1 aliphatic rings. The minimum Gasteiger partial charge on any atom is -0.481 e. The van der Waals surface area contributed by atoms with Crippen LogP contribution in [-0.2, 0) is 10.0 Å². The highest BCUT2D eigenvalue weighted by Crippen LogP contribution is 2.29. The van der Waals surface area contributed by atoms with Crippen molar-refractivity contribution < 1.29 is 13.2 Å². The minimum absolute atomic E-state index is 0.0563. The number of hydrogen-bond donors (Lipinski definition) is 1. The largest absolute Gasteiger partial charge is 0.481 e. The maximum atomic E-state index is 13.5. The quantitative estimate of drug-likeness (QED) is 0.819. The van der Waals surface area contributed by atoms with Gasteiger partial charge in [0.25, 0.3) is 10.0 Å². The van der Waals surface area contributed by atoms with Crippen LogP contribution in [0.1, 0.15) is 33.1 Å². The molecule has 2 heterocycles. The van der Waals surface area contributed by atoms with E-state index in [2.05, 4.69) is 24.1 Å². The lowest BCUT2D eigenvalue weighted by molar-refractivity contribution is 0.301. The van der Waals surface area contributed by atoms with Crippen LogP contribution in [0, 0.1) is 5.92 Å². The molecule has 0 bridgehead atoms. The third-order valence-corrected chi connectivity index (χ3v) is 6.88. The van der Waals surface area contributed by atoms with Crippen molar-refractivity contribution >= 4 is 20.8 Å². The molecule has 1 aliphatic heterocycles. The lowest BCUT2D eigenvalue weighted by Gasteiger charge is -2.29. The van der Waals surface area contributed by atoms with Gasteiger partial charge in [0.2, 0.25) is 5.88 Å². The molecule has 1 saturated heterocycles. The van der Waals surface area contributed by atoms with Crippen molar-refractivity contribution in [1.82, 2.24) is 14.6 Å². The van der Waals surface area contributed by atoms with Gasteiger partial charge in [-0.2, -0.15) is 9.29 Å². The fourth-order valence-corrected chi connectivity index (χ4v) is 5.21. The average molecular weight is 392 g/mol. The summed E-state index contributed by atoms with van der Waals surface area (Å²) in [6.45, 7) is 6.35. The first-order valence-electron chi connectivity index (χ1n) is 9.60. The minimum atomic E-state index is -3.70. The van der Waals surface area contributed by atoms with E-state index in [4.69, 9.17) is 4.74 Å². The zero-order valence-corrected chi connectivity index (χ0v) is 17.1. The fraction of sp³-hybridized carbons (Fsp3) is 0.550. The summed E-state index contributed by atoms with van der Waals surface area (Å²) in [5.41, 5.74) is 0. The van der Waals surface area contributed by atoms with Crippen molar-refractivity contribution in [3.05, 3.63) is 30.3 Å². The predicted molar refractivity (Wildman–Crippen MR) is 108 cm³/mol. The van der Waals surface area contributed by atoms with Crippen LogP contribution in [-0.4, -0.2) is 50.5 Å². The third kappa shape index (κ3) is 4.42. The van der Waals surface area contributed by atoms with Crippen molar-refractivity contribution in [3.8, 4) is 5.88 Å². The van der Waals surface area contributed by atoms with E-state index in [0.29, 0.717) is 24.9 Å². The van der Waals surface area contributed by atoms with Crippen LogP contribution in [0.5, 0.6) is 5.88 Å². The monoisotopic (exact) mass is 391 g/mol. The van der Waals surface area contributed by atoms with Crippen molar-refractivity contribution in [2.75, 3.05) is 26.7 Å². The van der Waals surface area contributed by atoms with Crippen molar-refractivity contribution in [2.45, 2.75) is 44.2 Å². The Bertz CT molecular complexity index is 883. The van der Waals surface area contributed by atoms with E-state index < -0.39 is 10.0 Å². The highest BCUT2D eigenvalue weighted by molar-refractivity contribution is 7.89. The standard InChI is InChI=1S/C20H29N3O3S/c1-15(2)9-10-17-14-21-11-6-12-23(17)27(24,25)19-13-16-7-4-5-8-18(16)20(22-19)26-3/h4-5,7-8,13,15,17,21H,6,9-12,14H2,1-3H3. The fourth-order valence-electron chi connectivity index (χ4n) is 3.55. The number of nitrogens with zero attached hydrogens (tertiary/aromatic N) is 2. The van der Waals surface area contributed by atoms with E-state index in [-0.39, 0.29) is 11.1 Å². The van der Waals surface area contributed by atoms with Crippen LogP contribution < -0.4 is 10.1 Å². The Morgan fingerprint density at radius 1 is 1.33 bits per heavy atom. The molecule has 3 rings (SSSR count).